The fourth-order valence-corrected chi connectivity index (χ4v) is 2.49. The lowest BCUT2D eigenvalue weighted by Gasteiger charge is -2.08. The van der Waals surface area contributed by atoms with Crippen molar-refractivity contribution < 1.29 is 0 Å². The Morgan fingerprint density at radius 2 is 2.07 bits per heavy atom. The van der Waals surface area contributed by atoms with Gasteiger partial charge in [0.25, 0.3) is 0 Å². The van der Waals surface area contributed by atoms with Crippen LogP contribution in [0.15, 0.2) is 28.7 Å². The molecule has 0 heterocycles. The van der Waals surface area contributed by atoms with Crippen molar-refractivity contribution in [2.45, 2.75) is 13.8 Å². The van der Waals surface area contributed by atoms with E-state index in [0.29, 0.717) is 0 Å². The Balaban J connectivity index is 2.18. The van der Waals surface area contributed by atoms with E-state index in [1.165, 1.54) is 17.2 Å². The van der Waals surface area contributed by atoms with Crippen molar-refractivity contribution in [2.75, 3.05) is 23.4 Å². The Bertz CT molecular complexity index is 289. The van der Waals surface area contributed by atoms with E-state index in [1.54, 1.807) is 0 Å². The second kappa shape index (κ2) is 7.18. The molecule has 0 radical (unpaired) electrons. The van der Waals surface area contributed by atoms with Gasteiger partial charge < -0.3 is 5.32 Å². The first kappa shape index (κ1) is 12.9. The molecular formula is C12H18BrNS. The molecule has 0 aliphatic heterocycles. The second-order valence-electron chi connectivity index (χ2n) is 3.88. The summed E-state index contributed by atoms with van der Waals surface area (Å²) in [4.78, 5) is 0. The molecule has 0 saturated heterocycles. The van der Waals surface area contributed by atoms with Gasteiger partial charge in [-0.2, -0.15) is 11.8 Å². The van der Waals surface area contributed by atoms with Crippen molar-refractivity contribution in [3.8, 4) is 0 Å². The normalized spacial score (nSPS) is 10.7. The Hall–Kier alpha value is -0.150. The number of rotatable bonds is 6. The fourth-order valence-electron chi connectivity index (χ4n) is 1.18. The maximum Gasteiger partial charge on any atom is 0.0484 e. The molecule has 0 bridgehead atoms. The number of benzene rings is 1. The highest BCUT2D eigenvalue weighted by Crippen LogP contribution is 2.21. The number of nitrogens with one attached hydrogen (secondary N) is 1. The summed E-state index contributed by atoms with van der Waals surface area (Å²) in [5, 5.41) is 3.42. The van der Waals surface area contributed by atoms with Crippen LogP contribution in [0.25, 0.3) is 0 Å². The average molecular weight is 288 g/mol. The zero-order valence-corrected chi connectivity index (χ0v) is 11.7. The zero-order chi connectivity index (χ0) is 11.1. The third-order valence-corrected chi connectivity index (χ3v) is 3.97. The highest BCUT2D eigenvalue weighted by atomic mass is 79.9. The standard InChI is InChI=1S/C12H18BrNS/c1-10(2)9-15-8-7-14-12-6-4-3-5-11(12)13/h3-6,10,14H,7-9H2,1-2H3. The smallest absolute Gasteiger partial charge is 0.0484 e. The Morgan fingerprint density at radius 3 is 2.73 bits per heavy atom. The van der Waals surface area contributed by atoms with Crippen LogP contribution in [0.1, 0.15) is 13.8 Å². The van der Waals surface area contributed by atoms with Crippen LogP contribution in [0, 0.1) is 5.92 Å². The molecule has 3 heteroatoms. The summed E-state index contributed by atoms with van der Waals surface area (Å²) in [7, 11) is 0. The summed E-state index contributed by atoms with van der Waals surface area (Å²) >= 11 is 5.53. The van der Waals surface area contributed by atoms with E-state index in [4.69, 9.17) is 0 Å². The maximum atomic E-state index is 3.52. The predicted octanol–water partition coefficient (Wildman–Crippen LogP) is 4.25. The number of thioether (sulfide) groups is 1. The predicted molar refractivity (Wildman–Crippen MR) is 74.8 cm³/mol. The monoisotopic (exact) mass is 287 g/mol. The number of hydrogen-bond donors (Lipinski definition) is 1. The average Bonchev–Trinajstić information content (AvgIpc) is 2.20. The molecular weight excluding hydrogens is 270 g/mol. The van der Waals surface area contributed by atoms with E-state index in [0.717, 1.165) is 16.9 Å². The molecule has 15 heavy (non-hydrogen) atoms. The third kappa shape index (κ3) is 5.47. The lowest BCUT2D eigenvalue weighted by Crippen LogP contribution is -2.05. The van der Waals surface area contributed by atoms with Crippen LogP contribution < -0.4 is 5.32 Å². The van der Waals surface area contributed by atoms with Gasteiger partial charge in [0.1, 0.15) is 0 Å². The van der Waals surface area contributed by atoms with Crippen LogP contribution in [-0.2, 0) is 0 Å². The van der Waals surface area contributed by atoms with E-state index < -0.39 is 0 Å². The second-order valence-corrected chi connectivity index (χ2v) is 5.88. The van der Waals surface area contributed by atoms with Gasteiger partial charge in [-0.3, -0.25) is 0 Å². The molecule has 1 nitrogen and oxygen atoms in total. The molecule has 0 spiro atoms. The van der Waals surface area contributed by atoms with Crippen molar-refractivity contribution in [3.63, 3.8) is 0 Å². The van der Waals surface area contributed by atoms with Crippen LogP contribution >= 0.6 is 27.7 Å². The quantitative estimate of drug-likeness (QED) is 0.785. The van der Waals surface area contributed by atoms with E-state index in [-0.39, 0.29) is 0 Å². The topological polar surface area (TPSA) is 12.0 Å². The van der Waals surface area contributed by atoms with Gasteiger partial charge in [0.15, 0.2) is 0 Å². The minimum absolute atomic E-state index is 0.790. The lowest BCUT2D eigenvalue weighted by molar-refractivity contribution is 0.750. The van der Waals surface area contributed by atoms with Gasteiger partial charge in [0, 0.05) is 22.5 Å². The molecule has 1 rings (SSSR count). The molecule has 0 saturated carbocycles. The Labute approximate surface area is 105 Å². The van der Waals surface area contributed by atoms with Crippen LogP contribution in [0.2, 0.25) is 0 Å². The van der Waals surface area contributed by atoms with Gasteiger partial charge in [-0.05, 0) is 39.7 Å². The molecule has 1 N–H and O–H groups in total. The minimum Gasteiger partial charge on any atom is -0.383 e. The molecule has 84 valence electrons. The van der Waals surface area contributed by atoms with Crippen molar-refractivity contribution in [1.29, 1.82) is 0 Å². The van der Waals surface area contributed by atoms with Crippen LogP contribution in [0.5, 0.6) is 0 Å². The van der Waals surface area contributed by atoms with E-state index in [1.807, 2.05) is 23.9 Å². The molecule has 0 amide bonds. The van der Waals surface area contributed by atoms with Crippen LogP contribution in [-0.4, -0.2) is 18.1 Å². The molecule has 0 aromatic heterocycles. The molecule has 0 unspecified atom stereocenters. The summed E-state index contributed by atoms with van der Waals surface area (Å²) in [5.41, 5.74) is 1.18. The van der Waals surface area contributed by atoms with Gasteiger partial charge in [0.2, 0.25) is 0 Å². The minimum atomic E-state index is 0.790. The van der Waals surface area contributed by atoms with Crippen molar-refractivity contribution >= 4 is 33.4 Å². The maximum absolute atomic E-state index is 3.52. The first-order valence-corrected chi connectivity index (χ1v) is 7.21. The summed E-state index contributed by atoms with van der Waals surface area (Å²) in [6, 6.07) is 8.23. The largest absolute Gasteiger partial charge is 0.383 e. The summed E-state index contributed by atoms with van der Waals surface area (Å²) in [5.74, 6) is 3.20. The van der Waals surface area contributed by atoms with Gasteiger partial charge in [0.05, 0.1) is 0 Å². The van der Waals surface area contributed by atoms with Crippen molar-refractivity contribution in [2.24, 2.45) is 5.92 Å². The molecule has 0 fully saturated rings. The number of para-hydroxylation sites is 1. The van der Waals surface area contributed by atoms with E-state index >= 15 is 0 Å². The summed E-state index contributed by atoms with van der Waals surface area (Å²) in [6.45, 7) is 5.54. The molecule has 1 aromatic carbocycles. The molecule has 1 aromatic rings. The third-order valence-electron chi connectivity index (χ3n) is 1.89. The highest BCUT2D eigenvalue weighted by molar-refractivity contribution is 9.10. The van der Waals surface area contributed by atoms with E-state index in [2.05, 4.69) is 47.2 Å². The first-order valence-electron chi connectivity index (χ1n) is 5.26. The number of hydrogen-bond acceptors (Lipinski definition) is 2. The number of halogens is 1. The van der Waals surface area contributed by atoms with Crippen LogP contribution in [0.3, 0.4) is 0 Å². The fraction of sp³-hybridized carbons (Fsp3) is 0.500. The summed E-state index contributed by atoms with van der Waals surface area (Å²) < 4.78 is 1.14. The van der Waals surface area contributed by atoms with Gasteiger partial charge in [-0.1, -0.05) is 26.0 Å². The lowest BCUT2D eigenvalue weighted by atomic mass is 10.3. The van der Waals surface area contributed by atoms with Gasteiger partial charge in [-0.15, -0.1) is 0 Å². The molecule has 0 aliphatic rings. The molecule has 0 aliphatic carbocycles. The molecule has 0 atom stereocenters. The van der Waals surface area contributed by atoms with Crippen molar-refractivity contribution in [1.82, 2.24) is 0 Å². The highest BCUT2D eigenvalue weighted by Gasteiger charge is 1.97. The first-order chi connectivity index (χ1) is 7.20. The SMILES string of the molecule is CC(C)CSCCNc1ccccc1Br. The Kier molecular flexibility index (Phi) is 6.18. The van der Waals surface area contributed by atoms with Gasteiger partial charge >= 0.3 is 0 Å². The Morgan fingerprint density at radius 1 is 1.33 bits per heavy atom. The van der Waals surface area contributed by atoms with E-state index in [9.17, 15) is 0 Å². The van der Waals surface area contributed by atoms with Crippen molar-refractivity contribution in [3.05, 3.63) is 28.7 Å². The summed E-state index contributed by atoms with van der Waals surface area (Å²) in [6.07, 6.45) is 0. The number of anilines is 1. The van der Waals surface area contributed by atoms with Crippen LogP contribution in [0.4, 0.5) is 5.69 Å². The van der Waals surface area contributed by atoms with Gasteiger partial charge in [-0.25, -0.2) is 0 Å². The zero-order valence-electron chi connectivity index (χ0n) is 9.29.